The number of alkyl halides is 3. The van der Waals surface area contributed by atoms with Gasteiger partial charge >= 0.3 is 6.18 Å². The summed E-state index contributed by atoms with van der Waals surface area (Å²) in [7, 11) is 1.14. The molecule has 0 fully saturated rings. The first kappa shape index (κ1) is 18.6. The van der Waals surface area contributed by atoms with Crippen LogP contribution in [0.5, 0.6) is 11.5 Å². The molecule has 0 bridgehead atoms. The van der Waals surface area contributed by atoms with Crippen LogP contribution < -0.4 is 4.74 Å². The number of benzene rings is 2. The lowest BCUT2D eigenvalue weighted by Gasteiger charge is -2.12. The standard InChI is InChI=1S/C19H17F3O3/c1-11-8-13(9-12(2)18(11)24)4-6-16(23)14-5-7-17(25-3)15(10-14)19(20,21)22/h4-10,24H,1-3H3/b6-4+. The Morgan fingerprint density at radius 2 is 1.72 bits per heavy atom. The highest BCUT2D eigenvalue weighted by molar-refractivity contribution is 6.07. The van der Waals surface area contributed by atoms with E-state index in [9.17, 15) is 23.1 Å². The minimum atomic E-state index is -4.61. The zero-order chi connectivity index (χ0) is 18.8. The molecule has 0 spiro atoms. The number of aromatic hydroxyl groups is 1. The molecule has 0 aromatic heterocycles. The lowest BCUT2D eigenvalue weighted by Crippen LogP contribution is -2.09. The van der Waals surface area contributed by atoms with Crippen LogP contribution in [-0.2, 0) is 6.18 Å². The van der Waals surface area contributed by atoms with Gasteiger partial charge in [0.05, 0.1) is 12.7 Å². The van der Waals surface area contributed by atoms with Crippen LogP contribution in [0.15, 0.2) is 36.4 Å². The fraction of sp³-hybridized carbons (Fsp3) is 0.211. The van der Waals surface area contributed by atoms with Crippen molar-refractivity contribution in [3.63, 3.8) is 0 Å². The number of methoxy groups -OCH3 is 1. The average Bonchev–Trinajstić information content (AvgIpc) is 2.55. The molecule has 0 aliphatic heterocycles. The van der Waals surface area contributed by atoms with Crippen molar-refractivity contribution in [1.82, 2.24) is 0 Å². The Hall–Kier alpha value is -2.76. The number of phenolic OH excluding ortho intramolecular Hbond substituents is 1. The minimum Gasteiger partial charge on any atom is -0.507 e. The number of carbonyl (C=O) groups excluding carboxylic acids is 1. The maximum atomic E-state index is 13.0. The van der Waals surface area contributed by atoms with Gasteiger partial charge in [0, 0.05) is 5.56 Å². The molecule has 0 amide bonds. The Labute approximate surface area is 143 Å². The van der Waals surface area contributed by atoms with Crippen LogP contribution in [0.1, 0.15) is 32.6 Å². The van der Waals surface area contributed by atoms with Crippen molar-refractivity contribution in [1.29, 1.82) is 0 Å². The van der Waals surface area contributed by atoms with Crippen LogP contribution in [0.2, 0.25) is 0 Å². The molecule has 0 radical (unpaired) electrons. The Morgan fingerprint density at radius 1 is 1.12 bits per heavy atom. The maximum Gasteiger partial charge on any atom is 0.419 e. The highest BCUT2D eigenvalue weighted by atomic mass is 19.4. The number of allylic oxidation sites excluding steroid dienone is 1. The lowest BCUT2D eigenvalue weighted by atomic mass is 10.0. The van der Waals surface area contributed by atoms with Gasteiger partial charge in [-0.15, -0.1) is 0 Å². The van der Waals surface area contributed by atoms with Gasteiger partial charge in [-0.25, -0.2) is 0 Å². The number of rotatable bonds is 4. The molecule has 0 aliphatic carbocycles. The largest absolute Gasteiger partial charge is 0.507 e. The zero-order valence-electron chi connectivity index (χ0n) is 13.9. The number of ether oxygens (including phenoxy) is 1. The number of ketones is 1. The molecular weight excluding hydrogens is 333 g/mol. The van der Waals surface area contributed by atoms with Crippen LogP contribution in [-0.4, -0.2) is 18.0 Å². The minimum absolute atomic E-state index is 0.0865. The number of phenols is 1. The molecule has 0 atom stereocenters. The highest BCUT2D eigenvalue weighted by Crippen LogP contribution is 2.36. The van der Waals surface area contributed by atoms with E-state index in [1.165, 1.54) is 18.2 Å². The van der Waals surface area contributed by atoms with E-state index in [1.807, 2.05) is 0 Å². The first-order chi connectivity index (χ1) is 11.6. The molecule has 2 rings (SSSR count). The zero-order valence-corrected chi connectivity index (χ0v) is 13.9. The van der Waals surface area contributed by atoms with Crippen molar-refractivity contribution >= 4 is 11.9 Å². The summed E-state index contributed by atoms with van der Waals surface area (Å²) in [6, 6.07) is 6.55. The summed E-state index contributed by atoms with van der Waals surface area (Å²) in [5.74, 6) is -0.720. The Kier molecular flexibility index (Phi) is 5.21. The predicted octanol–water partition coefficient (Wildman–Crippen LogP) is 4.93. The second kappa shape index (κ2) is 7.01. The van der Waals surface area contributed by atoms with Crippen molar-refractivity contribution in [3.05, 3.63) is 64.2 Å². The molecule has 25 heavy (non-hydrogen) atoms. The molecule has 1 N–H and O–H groups in total. The SMILES string of the molecule is COc1ccc(C(=O)/C=C/c2cc(C)c(O)c(C)c2)cc1C(F)(F)F. The molecule has 2 aromatic rings. The van der Waals surface area contributed by atoms with Crippen molar-refractivity contribution in [3.8, 4) is 11.5 Å². The van der Waals surface area contributed by atoms with Gasteiger partial charge < -0.3 is 9.84 Å². The third kappa shape index (κ3) is 4.21. The normalized spacial score (nSPS) is 11.8. The molecular formula is C19H17F3O3. The smallest absolute Gasteiger partial charge is 0.419 e. The van der Waals surface area contributed by atoms with Gasteiger partial charge in [-0.05, 0) is 66.9 Å². The van der Waals surface area contributed by atoms with E-state index in [2.05, 4.69) is 0 Å². The van der Waals surface area contributed by atoms with Crippen molar-refractivity contribution in [2.75, 3.05) is 7.11 Å². The Balaban J connectivity index is 2.32. The van der Waals surface area contributed by atoms with E-state index < -0.39 is 17.5 Å². The average molecular weight is 350 g/mol. The fourth-order valence-corrected chi connectivity index (χ4v) is 2.44. The third-order valence-electron chi connectivity index (χ3n) is 3.73. The second-order valence-corrected chi connectivity index (χ2v) is 5.61. The van der Waals surface area contributed by atoms with Gasteiger partial charge in [0.1, 0.15) is 11.5 Å². The van der Waals surface area contributed by atoms with Crippen LogP contribution >= 0.6 is 0 Å². The van der Waals surface area contributed by atoms with E-state index in [1.54, 1.807) is 26.0 Å². The first-order valence-corrected chi connectivity index (χ1v) is 7.41. The van der Waals surface area contributed by atoms with Crippen molar-refractivity contribution < 1.29 is 27.8 Å². The van der Waals surface area contributed by atoms with Crippen LogP contribution in [0, 0.1) is 13.8 Å². The highest BCUT2D eigenvalue weighted by Gasteiger charge is 2.34. The molecule has 0 heterocycles. The van der Waals surface area contributed by atoms with E-state index in [0.29, 0.717) is 16.7 Å². The van der Waals surface area contributed by atoms with Gasteiger partial charge in [-0.3, -0.25) is 4.79 Å². The molecule has 6 heteroatoms. The molecule has 132 valence electrons. The summed E-state index contributed by atoms with van der Waals surface area (Å²) >= 11 is 0. The van der Waals surface area contributed by atoms with Crippen LogP contribution in [0.4, 0.5) is 13.2 Å². The quantitative estimate of drug-likeness (QED) is 0.628. The van der Waals surface area contributed by atoms with E-state index >= 15 is 0 Å². The Bertz CT molecular complexity index is 813. The number of hydrogen-bond donors (Lipinski definition) is 1. The molecule has 2 aromatic carbocycles. The van der Waals surface area contributed by atoms with Gasteiger partial charge in [-0.2, -0.15) is 13.2 Å². The van der Waals surface area contributed by atoms with Gasteiger partial charge in [-0.1, -0.05) is 6.08 Å². The van der Waals surface area contributed by atoms with E-state index in [0.717, 1.165) is 19.2 Å². The van der Waals surface area contributed by atoms with Crippen LogP contribution in [0.25, 0.3) is 6.08 Å². The van der Waals surface area contributed by atoms with E-state index in [-0.39, 0.29) is 17.1 Å². The molecule has 0 saturated carbocycles. The monoisotopic (exact) mass is 350 g/mol. The maximum absolute atomic E-state index is 13.0. The van der Waals surface area contributed by atoms with Crippen LogP contribution in [0.3, 0.4) is 0 Å². The van der Waals surface area contributed by atoms with Crippen molar-refractivity contribution in [2.45, 2.75) is 20.0 Å². The van der Waals surface area contributed by atoms with Gasteiger partial charge in [0.2, 0.25) is 0 Å². The molecule has 0 saturated heterocycles. The molecule has 0 unspecified atom stereocenters. The number of aryl methyl sites for hydroxylation is 2. The number of hydrogen-bond acceptors (Lipinski definition) is 3. The Morgan fingerprint density at radius 3 is 2.24 bits per heavy atom. The topological polar surface area (TPSA) is 46.5 Å². The summed E-state index contributed by atoms with van der Waals surface area (Å²) < 4.78 is 43.8. The number of halogens is 3. The number of carbonyl (C=O) groups is 1. The summed E-state index contributed by atoms with van der Waals surface area (Å²) in [5.41, 5.74) is 0.889. The first-order valence-electron chi connectivity index (χ1n) is 7.41. The summed E-state index contributed by atoms with van der Waals surface area (Å²) in [6.07, 6.45) is -1.91. The van der Waals surface area contributed by atoms with E-state index in [4.69, 9.17) is 4.74 Å². The summed E-state index contributed by atoms with van der Waals surface area (Å²) in [6.45, 7) is 3.45. The molecule has 3 nitrogen and oxygen atoms in total. The fourth-order valence-electron chi connectivity index (χ4n) is 2.44. The lowest BCUT2D eigenvalue weighted by molar-refractivity contribution is -0.138. The second-order valence-electron chi connectivity index (χ2n) is 5.61. The predicted molar refractivity (Wildman–Crippen MR) is 88.9 cm³/mol. The molecule has 0 aliphatic rings. The van der Waals surface area contributed by atoms with Gasteiger partial charge in [0.15, 0.2) is 5.78 Å². The van der Waals surface area contributed by atoms with Crippen molar-refractivity contribution in [2.24, 2.45) is 0 Å². The summed E-state index contributed by atoms with van der Waals surface area (Å²) in [5, 5.41) is 9.73. The third-order valence-corrected chi connectivity index (χ3v) is 3.73. The van der Waals surface area contributed by atoms with Gasteiger partial charge in [0.25, 0.3) is 0 Å². The summed E-state index contributed by atoms with van der Waals surface area (Å²) in [4.78, 5) is 12.2.